The molecular formula is C20H36N2O7. The van der Waals surface area contributed by atoms with E-state index in [0.29, 0.717) is 25.7 Å². The van der Waals surface area contributed by atoms with Gasteiger partial charge in [0, 0.05) is 35.5 Å². The lowest BCUT2D eigenvalue weighted by Gasteiger charge is -2.20. The molecule has 9 heteroatoms. The number of aliphatic hydroxyl groups is 2. The zero-order chi connectivity index (χ0) is 22.1. The predicted octanol–water partition coefficient (Wildman–Crippen LogP) is 3.46. The number of hydrogen-bond donors (Lipinski definition) is 2. The number of carbonyl (C=O) groups is 1. The van der Waals surface area contributed by atoms with Crippen molar-refractivity contribution in [1.82, 2.24) is 0 Å². The minimum Gasteiger partial charge on any atom is -0.386 e. The van der Waals surface area contributed by atoms with Gasteiger partial charge >= 0.3 is 0 Å². The van der Waals surface area contributed by atoms with E-state index in [-0.39, 0.29) is 12.8 Å². The van der Waals surface area contributed by atoms with E-state index in [2.05, 4.69) is 6.92 Å². The van der Waals surface area contributed by atoms with Crippen LogP contribution in [0.15, 0.2) is 12.2 Å². The van der Waals surface area contributed by atoms with Crippen LogP contribution in [-0.2, 0) is 4.79 Å². The molecule has 0 aliphatic rings. The number of carbonyl (C=O) groups excluding carboxylic acids is 1. The molecule has 0 aromatic carbocycles. The number of aliphatic hydroxyl groups excluding tert-OH is 2. The Morgan fingerprint density at radius 1 is 0.828 bits per heavy atom. The van der Waals surface area contributed by atoms with Crippen molar-refractivity contribution in [3.05, 3.63) is 32.4 Å². The van der Waals surface area contributed by atoms with Crippen molar-refractivity contribution in [2.45, 2.75) is 108 Å². The van der Waals surface area contributed by atoms with Crippen LogP contribution >= 0.6 is 0 Å². The number of rotatable bonds is 19. The second-order valence-corrected chi connectivity index (χ2v) is 7.44. The topological polar surface area (TPSA) is 144 Å². The molecule has 0 rings (SSSR count). The summed E-state index contributed by atoms with van der Waals surface area (Å²) in [6, 6.07) is -2.57. The molecule has 0 radical (unpaired) electrons. The van der Waals surface area contributed by atoms with Crippen LogP contribution in [0.25, 0.3) is 0 Å². The van der Waals surface area contributed by atoms with E-state index < -0.39 is 40.6 Å². The van der Waals surface area contributed by atoms with E-state index in [1.54, 1.807) is 12.2 Å². The van der Waals surface area contributed by atoms with Crippen molar-refractivity contribution >= 4 is 6.29 Å². The van der Waals surface area contributed by atoms with Gasteiger partial charge in [-0.1, -0.05) is 51.2 Å². The van der Waals surface area contributed by atoms with Gasteiger partial charge in [0.15, 0.2) is 0 Å². The Bertz CT molecular complexity index is 499. The molecule has 0 saturated heterocycles. The van der Waals surface area contributed by atoms with Gasteiger partial charge in [-0.15, -0.1) is 0 Å². The number of nitro groups is 2. The quantitative estimate of drug-likeness (QED) is 0.108. The summed E-state index contributed by atoms with van der Waals surface area (Å²) in [5, 5.41) is 42.9. The molecule has 0 aliphatic carbocycles. The van der Waals surface area contributed by atoms with Crippen molar-refractivity contribution in [3.8, 4) is 0 Å². The molecule has 0 amide bonds. The Morgan fingerprint density at radius 3 is 2.00 bits per heavy atom. The largest absolute Gasteiger partial charge is 0.386 e. The van der Waals surface area contributed by atoms with Crippen LogP contribution < -0.4 is 0 Å². The molecule has 29 heavy (non-hydrogen) atoms. The van der Waals surface area contributed by atoms with Crippen LogP contribution in [0.4, 0.5) is 0 Å². The molecule has 0 aliphatic heterocycles. The lowest BCUT2D eigenvalue weighted by Crippen LogP contribution is -2.41. The summed E-state index contributed by atoms with van der Waals surface area (Å²) in [6.45, 7) is 2.10. The highest BCUT2D eigenvalue weighted by molar-refractivity contribution is 5.48. The molecule has 2 N–H and O–H groups in total. The maximum Gasteiger partial charge on any atom is 0.242 e. The van der Waals surface area contributed by atoms with Gasteiger partial charge in [-0.3, -0.25) is 20.2 Å². The zero-order valence-electron chi connectivity index (χ0n) is 17.4. The molecule has 0 spiro atoms. The first-order chi connectivity index (χ1) is 13.8. The van der Waals surface area contributed by atoms with E-state index >= 15 is 0 Å². The second kappa shape index (κ2) is 17.0. The third kappa shape index (κ3) is 13.1. The Hall–Kier alpha value is -1.87. The lowest BCUT2D eigenvalue weighted by atomic mass is 9.95. The van der Waals surface area contributed by atoms with Crippen LogP contribution in [0.5, 0.6) is 0 Å². The van der Waals surface area contributed by atoms with Gasteiger partial charge in [-0.25, -0.2) is 0 Å². The van der Waals surface area contributed by atoms with E-state index in [4.69, 9.17) is 0 Å². The molecular weight excluding hydrogens is 380 g/mol. The molecule has 4 unspecified atom stereocenters. The minimum atomic E-state index is -1.48. The summed E-state index contributed by atoms with van der Waals surface area (Å²) in [5.41, 5.74) is 0. The Labute approximate surface area is 172 Å². The highest BCUT2D eigenvalue weighted by Gasteiger charge is 2.36. The third-order valence-corrected chi connectivity index (χ3v) is 5.00. The zero-order valence-corrected chi connectivity index (χ0v) is 17.4. The molecule has 9 nitrogen and oxygen atoms in total. The van der Waals surface area contributed by atoms with E-state index in [9.17, 15) is 35.2 Å². The summed E-state index contributed by atoms with van der Waals surface area (Å²) >= 11 is 0. The van der Waals surface area contributed by atoms with Gasteiger partial charge in [0.25, 0.3) is 0 Å². The Morgan fingerprint density at radius 2 is 1.41 bits per heavy atom. The SMILES string of the molecule is CCCCCCCCC(C(O)CC(O)C(C/C=C\CCCC=O)[N+](=O)[O-])[N+](=O)[O-]. The second-order valence-electron chi connectivity index (χ2n) is 7.44. The number of aldehydes is 1. The Kier molecular flexibility index (Phi) is 15.9. The monoisotopic (exact) mass is 416 g/mol. The van der Waals surface area contributed by atoms with Gasteiger partial charge in [-0.2, -0.15) is 0 Å². The predicted molar refractivity (Wildman–Crippen MR) is 110 cm³/mol. The normalized spacial score (nSPS) is 15.7. The third-order valence-electron chi connectivity index (χ3n) is 5.00. The van der Waals surface area contributed by atoms with E-state index in [0.717, 1.165) is 38.4 Å². The number of nitrogens with zero attached hydrogens (tertiary/aromatic N) is 2. The average Bonchev–Trinajstić information content (AvgIpc) is 2.65. The van der Waals surface area contributed by atoms with Gasteiger partial charge in [0.2, 0.25) is 12.1 Å². The van der Waals surface area contributed by atoms with Crippen LogP contribution in [0.1, 0.15) is 84.0 Å². The average molecular weight is 417 g/mol. The number of unbranched alkanes of at least 4 members (excludes halogenated alkanes) is 7. The van der Waals surface area contributed by atoms with E-state index in [1.807, 2.05) is 0 Å². The molecule has 0 heterocycles. The molecule has 0 aromatic rings. The standard InChI is InChI=1S/C20H36N2O7/c1-2-3-4-5-7-10-13-17(21(26)27)19(24)16-20(25)18(22(28)29)14-11-8-6-9-12-15-23/h8,11,15,17-20,24-25H,2-7,9-10,12-14,16H2,1H3/b11-8-. The summed E-state index contributed by atoms with van der Waals surface area (Å²) in [4.78, 5) is 31.6. The van der Waals surface area contributed by atoms with Crippen molar-refractivity contribution in [2.75, 3.05) is 0 Å². The molecule has 0 fully saturated rings. The van der Waals surface area contributed by atoms with Gasteiger partial charge in [0.1, 0.15) is 18.5 Å². The van der Waals surface area contributed by atoms with Gasteiger partial charge in [-0.05, 0) is 19.3 Å². The summed E-state index contributed by atoms with van der Waals surface area (Å²) in [5.74, 6) is 0. The summed E-state index contributed by atoms with van der Waals surface area (Å²) < 4.78 is 0. The molecule has 168 valence electrons. The fraction of sp³-hybridized carbons (Fsp3) is 0.850. The number of allylic oxidation sites excluding steroid dienone is 1. The smallest absolute Gasteiger partial charge is 0.242 e. The molecule has 4 atom stereocenters. The van der Waals surface area contributed by atoms with Gasteiger partial charge < -0.3 is 15.0 Å². The molecule has 0 saturated carbocycles. The maximum atomic E-state index is 11.3. The van der Waals surface area contributed by atoms with Crippen molar-refractivity contribution in [2.24, 2.45) is 0 Å². The van der Waals surface area contributed by atoms with Crippen LogP contribution in [0.3, 0.4) is 0 Å². The van der Waals surface area contributed by atoms with Crippen LogP contribution in [0.2, 0.25) is 0 Å². The van der Waals surface area contributed by atoms with Crippen LogP contribution in [-0.4, -0.2) is 50.6 Å². The van der Waals surface area contributed by atoms with Crippen molar-refractivity contribution in [3.63, 3.8) is 0 Å². The first-order valence-corrected chi connectivity index (χ1v) is 10.6. The highest BCUT2D eigenvalue weighted by Crippen LogP contribution is 2.18. The first kappa shape index (κ1) is 27.1. The highest BCUT2D eigenvalue weighted by atomic mass is 16.6. The first-order valence-electron chi connectivity index (χ1n) is 10.6. The molecule has 0 aromatic heterocycles. The van der Waals surface area contributed by atoms with E-state index in [1.165, 1.54) is 0 Å². The molecule has 0 bridgehead atoms. The van der Waals surface area contributed by atoms with Crippen molar-refractivity contribution in [1.29, 1.82) is 0 Å². The Balaban J connectivity index is 4.57. The number of hydrogen-bond acceptors (Lipinski definition) is 7. The summed E-state index contributed by atoms with van der Waals surface area (Å²) in [7, 11) is 0. The van der Waals surface area contributed by atoms with Crippen molar-refractivity contribution < 1.29 is 24.9 Å². The minimum absolute atomic E-state index is 0.0392. The summed E-state index contributed by atoms with van der Waals surface area (Å²) in [6.07, 6.45) is 8.30. The fourth-order valence-electron chi connectivity index (χ4n) is 3.19. The van der Waals surface area contributed by atoms with Crippen LogP contribution in [0, 0.1) is 20.2 Å². The lowest BCUT2D eigenvalue weighted by molar-refractivity contribution is -0.543. The van der Waals surface area contributed by atoms with Gasteiger partial charge in [0.05, 0.1) is 0 Å². The fourth-order valence-corrected chi connectivity index (χ4v) is 3.19. The maximum absolute atomic E-state index is 11.3.